The third-order valence-corrected chi connectivity index (χ3v) is 3.52. The van der Waals surface area contributed by atoms with Crippen molar-refractivity contribution in [1.82, 2.24) is 15.3 Å². The van der Waals surface area contributed by atoms with Crippen molar-refractivity contribution in [1.29, 1.82) is 0 Å². The maximum atomic E-state index is 11.7. The molecule has 2 N–H and O–H groups in total. The monoisotopic (exact) mass is 393 g/mol. The molecule has 2 rings (SSSR count). The smallest absolute Gasteiger partial charge is 0.328 e. The molecule has 0 fully saturated rings. The molecule has 1 heterocycles. The molecule has 2 aromatic rings. The number of rotatable bonds is 6. The van der Waals surface area contributed by atoms with Crippen LogP contribution < -0.4 is 5.32 Å². The van der Waals surface area contributed by atoms with Crippen LogP contribution in [0.25, 0.3) is 0 Å². The molecular formula is C15H16BrN5O3. The van der Waals surface area contributed by atoms with Gasteiger partial charge in [0.05, 0.1) is 19.0 Å². The first-order chi connectivity index (χ1) is 11.5. The summed E-state index contributed by atoms with van der Waals surface area (Å²) in [6.07, 6.45) is 1.75. The van der Waals surface area contributed by atoms with Gasteiger partial charge in [-0.1, -0.05) is 15.9 Å². The molecule has 0 saturated heterocycles. The van der Waals surface area contributed by atoms with Crippen LogP contribution >= 0.6 is 15.9 Å². The number of esters is 1. The summed E-state index contributed by atoms with van der Waals surface area (Å²) in [6.45, 7) is 1.33. The van der Waals surface area contributed by atoms with E-state index in [1.807, 2.05) is 24.3 Å². The van der Waals surface area contributed by atoms with Gasteiger partial charge in [-0.15, -0.1) is 10.2 Å². The minimum absolute atomic E-state index is 0.215. The van der Waals surface area contributed by atoms with E-state index >= 15 is 0 Å². The fraction of sp³-hybridized carbons (Fsp3) is 0.267. The summed E-state index contributed by atoms with van der Waals surface area (Å²) in [7, 11) is 1.27. The third kappa shape index (κ3) is 5.27. The van der Waals surface area contributed by atoms with Gasteiger partial charge in [0, 0.05) is 23.5 Å². The highest BCUT2D eigenvalue weighted by Crippen LogP contribution is 2.19. The maximum absolute atomic E-state index is 11.7. The lowest BCUT2D eigenvalue weighted by molar-refractivity contribution is -0.144. The summed E-state index contributed by atoms with van der Waals surface area (Å²) in [4.78, 5) is 29.9. The third-order valence-electron chi connectivity index (χ3n) is 2.99. The average Bonchev–Trinajstić information content (AvgIpc) is 3.00. The molecule has 0 unspecified atom stereocenters. The molecule has 0 aliphatic carbocycles. The predicted molar refractivity (Wildman–Crippen MR) is 90.2 cm³/mol. The van der Waals surface area contributed by atoms with Crippen LogP contribution in [0, 0.1) is 0 Å². The van der Waals surface area contributed by atoms with Gasteiger partial charge in [-0.25, -0.2) is 9.78 Å². The van der Waals surface area contributed by atoms with E-state index in [9.17, 15) is 9.59 Å². The summed E-state index contributed by atoms with van der Waals surface area (Å²) >= 11 is 3.34. The molecule has 0 aliphatic heterocycles. The normalized spacial score (nSPS) is 12.1. The number of hydrogen-bond acceptors (Lipinski definition) is 6. The number of aromatic amines is 1. The van der Waals surface area contributed by atoms with Gasteiger partial charge in [-0.05, 0) is 24.3 Å². The van der Waals surface area contributed by atoms with Crippen LogP contribution in [0.4, 0.5) is 11.6 Å². The van der Waals surface area contributed by atoms with Crippen LogP contribution in [0.5, 0.6) is 0 Å². The maximum Gasteiger partial charge on any atom is 0.328 e. The van der Waals surface area contributed by atoms with Gasteiger partial charge in [0.1, 0.15) is 6.04 Å². The molecule has 0 bridgehead atoms. The second-order valence-corrected chi connectivity index (χ2v) is 5.80. The first kappa shape index (κ1) is 17.8. The van der Waals surface area contributed by atoms with Crippen LogP contribution in [0.15, 0.2) is 45.2 Å². The lowest BCUT2D eigenvalue weighted by Gasteiger charge is -2.14. The zero-order valence-corrected chi connectivity index (χ0v) is 14.7. The number of ether oxygens (including phenoxy) is 1. The standard InChI is InChI=1S/C15H16BrN5O3/c1-9(22)18-13(14(23)24-2)7-12-8-17-15(19-12)21-20-11-5-3-10(16)4-6-11/h3-6,8,13H,7H2,1-2H3,(H,17,19)(H,18,22)/t13-/m0/s1. The second kappa shape index (κ2) is 8.34. The Morgan fingerprint density at radius 1 is 1.33 bits per heavy atom. The number of halogens is 1. The van der Waals surface area contributed by atoms with E-state index < -0.39 is 12.0 Å². The van der Waals surface area contributed by atoms with Crippen molar-refractivity contribution >= 4 is 39.4 Å². The van der Waals surface area contributed by atoms with Gasteiger partial charge in [-0.2, -0.15) is 0 Å². The van der Waals surface area contributed by atoms with Crippen LogP contribution in [0.1, 0.15) is 12.6 Å². The Labute approximate surface area is 146 Å². The Morgan fingerprint density at radius 3 is 2.67 bits per heavy atom. The molecule has 1 aromatic heterocycles. The zero-order chi connectivity index (χ0) is 17.5. The number of amides is 1. The van der Waals surface area contributed by atoms with Crippen molar-refractivity contribution in [3.05, 3.63) is 40.6 Å². The molecule has 8 nitrogen and oxygen atoms in total. The van der Waals surface area contributed by atoms with Gasteiger partial charge in [0.15, 0.2) is 0 Å². The molecule has 0 saturated carbocycles. The van der Waals surface area contributed by atoms with Crippen LogP contribution in [-0.4, -0.2) is 35.0 Å². The van der Waals surface area contributed by atoms with E-state index in [2.05, 4.69) is 46.2 Å². The minimum Gasteiger partial charge on any atom is -0.467 e. The van der Waals surface area contributed by atoms with Crippen molar-refractivity contribution in [3.63, 3.8) is 0 Å². The summed E-state index contributed by atoms with van der Waals surface area (Å²) in [5.74, 6) is -0.544. The highest BCUT2D eigenvalue weighted by molar-refractivity contribution is 9.10. The van der Waals surface area contributed by atoms with Crippen molar-refractivity contribution in [2.45, 2.75) is 19.4 Å². The fourth-order valence-electron chi connectivity index (χ4n) is 1.92. The Bertz CT molecular complexity index is 742. The Balaban J connectivity index is 2.04. The van der Waals surface area contributed by atoms with E-state index in [0.717, 1.165) is 4.47 Å². The molecule has 9 heteroatoms. The Morgan fingerprint density at radius 2 is 2.04 bits per heavy atom. The minimum atomic E-state index is -0.788. The Hall–Kier alpha value is -2.55. The average molecular weight is 394 g/mol. The highest BCUT2D eigenvalue weighted by Gasteiger charge is 2.21. The zero-order valence-electron chi connectivity index (χ0n) is 13.1. The topological polar surface area (TPSA) is 109 Å². The lowest BCUT2D eigenvalue weighted by Crippen LogP contribution is -2.42. The highest BCUT2D eigenvalue weighted by atomic mass is 79.9. The first-order valence-corrected chi connectivity index (χ1v) is 7.83. The van der Waals surface area contributed by atoms with Crippen LogP contribution in [0.2, 0.25) is 0 Å². The second-order valence-electron chi connectivity index (χ2n) is 4.89. The number of imidazole rings is 1. The number of nitrogens with zero attached hydrogens (tertiary/aromatic N) is 3. The number of methoxy groups -OCH3 is 1. The fourth-order valence-corrected chi connectivity index (χ4v) is 2.18. The number of hydrogen-bond donors (Lipinski definition) is 2. The van der Waals surface area contributed by atoms with E-state index in [0.29, 0.717) is 17.3 Å². The van der Waals surface area contributed by atoms with Gasteiger partial charge >= 0.3 is 5.97 Å². The number of H-pyrrole nitrogens is 1. The van der Waals surface area contributed by atoms with E-state index in [1.165, 1.54) is 20.2 Å². The number of azo groups is 1. The van der Waals surface area contributed by atoms with Gasteiger partial charge < -0.3 is 15.0 Å². The lowest BCUT2D eigenvalue weighted by atomic mass is 10.1. The van der Waals surface area contributed by atoms with E-state index in [1.54, 1.807) is 0 Å². The quantitative estimate of drug-likeness (QED) is 0.580. The molecule has 0 aliphatic rings. The number of nitrogens with one attached hydrogen (secondary N) is 2. The largest absolute Gasteiger partial charge is 0.467 e. The molecular weight excluding hydrogens is 378 g/mol. The predicted octanol–water partition coefficient (Wildman–Crippen LogP) is 2.81. The number of carbonyl (C=O) groups excluding carboxylic acids is 2. The van der Waals surface area contributed by atoms with Gasteiger partial charge in [0.25, 0.3) is 0 Å². The van der Waals surface area contributed by atoms with Gasteiger partial charge in [-0.3, -0.25) is 4.79 Å². The van der Waals surface area contributed by atoms with Crippen molar-refractivity contribution in [3.8, 4) is 0 Å². The van der Waals surface area contributed by atoms with Crippen molar-refractivity contribution in [2.75, 3.05) is 7.11 Å². The molecule has 24 heavy (non-hydrogen) atoms. The van der Waals surface area contributed by atoms with Crippen LogP contribution in [-0.2, 0) is 20.7 Å². The van der Waals surface area contributed by atoms with Crippen LogP contribution in [0.3, 0.4) is 0 Å². The van der Waals surface area contributed by atoms with E-state index in [-0.39, 0.29) is 12.3 Å². The SMILES string of the molecule is COC(=O)[C@H](Cc1cnc(N=Nc2ccc(Br)cc2)[nH]1)NC(C)=O. The molecule has 1 amide bonds. The number of benzene rings is 1. The summed E-state index contributed by atoms with van der Waals surface area (Å²) in [5, 5.41) is 10.6. The number of carbonyl (C=O) groups is 2. The molecule has 0 spiro atoms. The molecule has 1 aromatic carbocycles. The van der Waals surface area contributed by atoms with Crippen molar-refractivity contribution in [2.24, 2.45) is 10.2 Å². The van der Waals surface area contributed by atoms with E-state index in [4.69, 9.17) is 0 Å². The van der Waals surface area contributed by atoms with Gasteiger partial charge in [0.2, 0.25) is 11.9 Å². The molecule has 126 valence electrons. The summed E-state index contributed by atoms with van der Waals surface area (Å²) in [6, 6.07) is 6.54. The Kier molecular flexibility index (Phi) is 6.19. The number of aromatic nitrogens is 2. The molecule has 1 atom stereocenters. The summed E-state index contributed by atoms with van der Waals surface area (Å²) in [5.41, 5.74) is 1.31. The summed E-state index contributed by atoms with van der Waals surface area (Å²) < 4.78 is 5.63. The van der Waals surface area contributed by atoms with Crippen molar-refractivity contribution < 1.29 is 14.3 Å². The first-order valence-electron chi connectivity index (χ1n) is 7.04. The molecule has 0 radical (unpaired) electrons.